The van der Waals surface area contributed by atoms with Crippen molar-refractivity contribution in [2.75, 3.05) is 77.9 Å². The number of anilines is 1. The van der Waals surface area contributed by atoms with E-state index in [0.29, 0.717) is 63.5 Å². The van der Waals surface area contributed by atoms with Crippen molar-refractivity contribution < 1.29 is 33.1 Å². The van der Waals surface area contributed by atoms with Crippen LogP contribution >= 0.6 is 0 Å². The smallest absolute Gasteiger partial charge is 0.289 e. The minimum atomic E-state index is -0.294. The van der Waals surface area contributed by atoms with E-state index in [9.17, 15) is 24.0 Å². The molecular formula is C49H61N9O7. The minimum Gasteiger partial charge on any atom is -0.490 e. The van der Waals surface area contributed by atoms with Crippen LogP contribution in [0.2, 0.25) is 0 Å². The van der Waals surface area contributed by atoms with E-state index < -0.39 is 0 Å². The number of nitrogens with zero attached hydrogens (tertiary/aromatic N) is 8. The number of carbonyl (C=O) groups excluding carboxylic acids is 5. The van der Waals surface area contributed by atoms with Crippen LogP contribution in [0.3, 0.4) is 0 Å². The van der Waals surface area contributed by atoms with Gasteiger partial charge in [-0.25, -0.2) is 0 Å². The largest absolute Gasteiger partial charge is 0.490 e. The Balaban J connectivity index is 0.754. The van der Waals surface area contributed by atoms with Crippen LogP contribution in [0.25, 0.3) is 16.5 Å². The number of carbonyl (C=O) groups is 5. The van der Waals surface area contributed by atoms with Gasteiger partial charge in [-0.1, -0.05) is 23.4 Å². The second kappa shape index (κ2) is 19.6. The molecule has 1 unspecified atom stereocenters. The molecule has 2 aromatic carbocycles. The zero-order valence-corrected chi connectivity index (χ0v) is 37.7. The molecule has 0 radical (unpaired) electrons. The van der Waals surface area contributed by atoms with Crippen LogP contribution in [0.1, 0.15) is 91.8 Å². The van der Waals surface area contributed by atoms with Crippen molar-refractivity contribution in [1.82, 2.24) is 39.9 Å². The lowest BCUT2D eigenvalue weighted by molar-refractivity contribution is -0.138. The molecule has 0 saturated carbocycles. The third kappa shape index (κ3) is 10.3. The van der Waals surface area contributed by atoms with E-state index >= 15 is 0 Å². The van der Waals surface area contributed by atoms with Gasteiger partial charge in [-0.2, -0.15) is 0 Å². The van der Waals surface area contributed by atoms with Crippen LogP contribution in [0, 0.1) is 11.8 Å². The molecule has 9 rings (SSSR count). The number of imide groups is 1. The number of piperidine rings is 4. The van der Waals surface area contributed by atoms with E-state index in [1.807, 2.05) is 35.2 Å². The lowest BCUT2D eigenvalue weighted by Crippen LogP contribution is -2.47. The topological polar surface area (TPSA) is 167 Å². The lowest BCUT2D eigenvalue weighted by Gasteiger charge is -2.40. The summed E-state index contributed by atoms with van der Waals surface area (Å²) in [5, 5.41) is 11.1. The zero-order valence-electron chi connectivity index (χ0n) is 37.7. The quantitative estimate of drug-likeness (QED) is 0.191. The number of amides is 5. The van der Waals surface area contributed by atoms with Gasteiger partial charge in [0.1, 0.15) is 11.9 Å². The molecule has 16 heteroatoms. The molecule has 5 amide bonds. The summed E-state index contributed by atoms with van der Waals surface area (Å²) < 4.78 is 14.3. The van der Waals surface area contributed by atoms with Crippen molar-refractivity contribution in [1.29, 1.82) is 0 Å². The number of ether oxygens (including phenoxy) is 1. The number of fused-ring (bicyclic) bond motifs is 1. The van der Waals surface area contributed by atoms with E-state index in [-0.39, 0.29) is 53.2 Å². The third-order valence-electron chi connectivity index (χ3n) is 14.1. The molecule has 7 heterocycles. The van der Waals surface area contributed by atoms with E-state index in [0.717, 1.165) is 111 Å². The summed E-state index contributed by atoms with van der Waals surface area (Å²) in [5.74, 6) is 1.04. The average molecular weight is 888 g/mol. The van der Waals surface area contributed by atoms with Crippen LogP contribution in [0.15, 0.2) is 65.4 Å². The summed E-state index contributed by atoms with van der Waals surface area (Å²) in [6.07, 6.45) is 13.2. The van der Waals surface area contributed by atoms with Gasteiger partial charge in [0, 0.05) is 103 Å². The molecule has 0 aliphatic carbocycles. The summed E-state index contributed by atoms with van der Waals surface area (Å²) in [6.45, 7) is 7.64. The molecule has 2 aromatic heterocycles. The van der Waals surface area contributed by atoms with Gasteiger partial charge in [0.25, 0.3) is 5.91 Å². The van der Waals surface area contributed by atoms with Gasteiger partial charge >= 0.3 is 0 Å². The Morgan fingerprint density at radius 2 is 1.65 bits per heavy atom. The van der Waals surface area contributed by atoms with Crippen LogP contribution in [-0.4, -0.2) is 143 Å². The molecule has 344 valence electrons. The highest BCUT2D eigenvalue weighted by atomic mass is 16.5. The van der Waals surface area contributed by atoms with E-state index in [2.05, 4.69) is 48.5 Å². The van der Waals surface area contributed by atoms with Gasteiger partial charge < -0.3 is 33.7 Å². The molecule has 4 aromatic rings. The van der Waals surface area contributed by atoms with Crippen molar-refractivity contribution in [3.8, 4) is 5.75 Å². The van der Waals surface area contributed by atoms with Crippen LogP contribution in [0.4, 0.5) is 5.69 Å². The number of aromatic nitrogens is 3. The number of furan rings is 1. The van der Waals surface area contributed by atoms with Crippen molar-refractivity contribution in [3.63, 3.8) is 0 Å². The second-order valence-corrected chi connectivity index (χ2v) is 18.7. The monoisotopic (exact) mass is 887 g/mol. The van der Waals surface area contributed by atoms with E-state index in [1.54, 1.807) is 31.2 Å². The standard InChI is InChI=1S/C49H61N9O7/c1-53(2)49(63)43-30-38-28-37(36-4-3-19-57(32-36)45(60)17-26-58-27-18-50-52-58)29-42(46(38)65-43)55-24-13-35(14-25-55)48(62)56-22-11-33(12-23-56)31-54-20-15-40(16-21-54)64-39-7-5-34(6-8-39)41-9-10-44(59)51-47(41)61/h4-8,18,27-30,33,35,40-41H,3,9-17,19-26,31-32H2,1-2H3,(H,51,59,61). The van der Waals surface area contributed by atoms with Gasteiger partial charge in [-0.05, 0) is 104 Å². The Hall–Kier alpha value is -6.03. The maximum absolute atomic E-state index is 14.0. The highest BCUT2D eigenvalue weighted by Crippen LogP contribution is 2.38. The van der Waals surface area contributed by atoms with Crippen molar-refractivity contribution in [2.24, 2.45) is 11.8 Å². The van der Waals surface area contributed by atoms with Crippen molar-refractivity contribution in [2.45, 2.75) is 82.8 Å². The number of benzene rings is 2. The molecule has 5 aliphatic rings. The van der Waals surface area contributed by atoms with E-state index in [4.69, 9.17) is 9.15 Å². The Morgan fingerprint density at radius 1 is 0.877 bits per heavy atom. The normalized spacial score (nSPS) is 20.8. The second-order valence-electron chi connectivity index (χ2n) is 18.7. The van der Waals surface area contributed by atoms with Crippen LogP contribution in [-0.2, 0) is 25.7 Å². The fraction of sp³-hybridized carbons (Fsp3) is 0.531. The minimum absolute atomic E-state index is 0.0326. The summed E-state index contributed by atoms with van der Waals surface area (Å²) in [6, 6.07) is 13.8. The average Bonchev–Trinajstić information content (AvgIpc) is 4.02. The number of rotatable bonds is 12. The number of hydrogen-bond acceptors (Lipinski definition) is 11. The van der Waals surface area contributed by atoms with Gasteiger partial charge in [0.15, 0.2) is 11.3 Å². The van der Waals surface area contributed by atoms with Gasteiger partial charge in [-0.3, -0.25) is 34.0 Å². The van der Waals surface area contributed by atoms with Crippen molar-refractivity contribution in [3.05, 3.63) is 77.8 Å². The molecule has 16 nitrogen and oxygen atoms in total. The molecule has 0 bridgehead atoms. The Bertz CT molecular complexity index is 2390. The summed E-state index contributed by atoms with van der Waals surface area (Å²) in [7, 11) is 3.43. The first-order valence-electron chi connectivity index (χ1n) is 23.5. The SMILES string of the molecule is CN(C)C(=O)c1cc2cc(C3=CCCN(C(=O)CCn4ccnn4)C3)cc(N3CCC(C(=O)N4CCC(CN5CCC(Oc6ccc(C7CCC(=O)NC7=O)cc6)CC5)CC4)CC3)c2o1. The number of likely N-dealkylation sites (tertiary alicyclic amines) is 2. The number of aryl methyl sites for hydroxylation is 1. The number of nitrogens with one attached hydrogen (secondary N) is 1. The molecule has 4 saturated heterocycles. The first kappa shape index (κ1) is 44.2. The molecule has 1 N–H and O–H groups in total. The maximum Gasteiger partial charge on any atom is 0.289 e. The summed E-state index contributed by atoms with van der Waals surface area (Å²) >= 11 is 0. The Morgan fingerprint density at radius 3 is 2.35 bits per heavy atom. The molecule has 5 aliphatic heterocycles. The Kier molecular flexibility index (Phi) is 13.3. The summed E-state index contributed by atoms with van der Waals surface area (Å²) in [4.78, 5) is 74.5. The molecule has 4 fully saturated rings. The van der Waals surface area contributed by atoms with Gasteiger partial charge in [0.05, 0.1) is 24.3 Å². The molecule has 65 heavy (non-hydrogen) atoms. The van der Waals surface area contributed by atoms with Gasteiger partial charge in [-0.15, -0.1) is 5.10 Å². The first-order valence-corrected chi connectivity index (χ1v) is 23.5. The predicted molar refractivity (Wildman–Crippen MR) is 244 cm³/mol. The van der Waals surface area contributed by atoms with Gasteiger partial charge in [0.2, 0.25) is 23.6 Å². The highest BCUT2D eigenvalue weighted by Gasteiger charge is 2.34. The molecular weight excluding hydrogens is 827 g/mol. The third-order valence-corrected chi connectivity index (χ3v) is 14.1. The highest BCUT2D eigenvalue weighted by molar-refractivity contribution is 6.01. The number of hydrogen-bond donors (Lipinski definition) is 1. The first-order chi connectivity index (χ1) is 31.5. The summed E-state index contributed by atoms with van der Waals surface area (Å²) in [5.41, 5.74) is 4.55. The van der Waals surface area contributed by atoms with E-state index in [1.165, 1.54) is 4.90 Å². The maximum atomic E-state index is 14.0. The molecule has 0 spiro atoms. The fourth-order valence-corrected chi connectivity index (χ4v) is 10.3. The van der Waals surface area contributed by atoms with Crippen LogP contribution in [0.5, 0.6) is 5.75 Å². The fourth-order valence-electron chi connectivity index (χ4n) is 10.3. The Labute approximate surface area is 379 Å². The lowest BCUT2D eigenvalue weighted by atomic mass is 9.90. The van der Waals surface area contributed by atoms with Crippen molar-refractivity contribution >= 4 is 51.8 Å². The zero-order chi connectivity index (χ0) is 45.0. The molecule has 1 atom stereocenters. The predicted octanol–water partition coefficient (Wildman–Crippen LogP) is 4.95. The van der Waals surface area contributed by atoms with Crippen LogP contribution < -0.4 is 15.0 Å².